The van der Waals surface area contributed by atoms with Gasteiger partial charge in [0.25, 0.3) is 5.56 Å². The molecule has 0 amide bonds. The van der Waals surface area contributed by atoms with Crippen LogP contribution in [-0.4, -0.2) is 23.8 Å². The molecule has 6 nitrogen and oxygen atoms in total. The summed E-state index contributed by atoms with van der Waals surface area (Å²) in [5.74, 6) is -0.420. The van der Waals surface area contributed by atoms with Gasteiger partial charge in [-0.2, -0.15) is 0 Å². The monoisotopic (exact) mass is 684 g/mol. The van der Waals surface area contributed by atoms with E-state index in [0.717, 1.165) is 8.95 Å². The van der Waals surface area contributed by atoms with Crippen LogP contribution in [0.4, 0.5) is 4.39 Å². The van der Waals surface area contributed by atoms with Crippen molar-refractivity contribution < 1.29 is 18.7 Å². The highest BCUT2D eigenvalue weighted by atomic mass is 79.9. The molecule has 1 aromatic heterocycles. The minimum Gasteiger partial charge on any atom is -0.492 e. The third kappa shape index (κ3) is 5.48. The lowest BCUT2D eigenvalue weighted by atomic mass is 9.93. The van der Waals surface area contributed by atoms with Crippen LogP contribution in [0.5, 0.6) is 5.75 Å². The summed E-state index contributed by atoms with van der Waals surface area (Å²) >= 11 is 8.26. The van der Waals surface area contributed by atoms with E-state index >= 15 is 0 Å². The molecule has 40 heavy (non-hydrogen) atoms. The van der Waals surface area contributed by atoms with Gasteiger partial charge in [0.2, 0.25) is 0 Å². The molecule has 1 aliphatic rings. The SMILES string of the molecule is CCOC(=O)C1=C(c2ccccc2)N=c2s/c(=C\c3cc(Br)cc(Br)c3OCC)c(=O)n2[C@H]1c1ccc(F)cc1. The maximum atomic E-state index is 14.0. The second-order valence-electron chi connectivity index (χ2n) is 8.72. The topological polar surface area (TPSA) is 69.9 Å². The fourth-order valence-corrected chi connectivity index (χ4v) is 6.89. The number of esters is 1. The van der Waals surface area contributed by atoms with Crippen LogP contribution in [0, 0.1) is 5.82 Å². The predicted octanol–water partition coefficient (Wildman–Crippen LogP) is 6.00. The van der Waals surface area contributed by atoms with Gasteiger partial charge < -0.3 is 9.47 Å². The fraction of sp³-hybridized carbons (Fsp3) is 0.167. The van der Waals surface area contributed by atoms with Gasteiger partial charge in [-0.1, -0.05) is 69.7 Å². The van der Waals surface area contributed by atoms with E-state index in [2.05, 4.69) is 31.9 Å². The van der Waals surface area contributed by atoms with Crippen molar-refractivity contribution in [1.29, 1.82) is 0 Å². The Hall–Kier alpha value is -3.34. The number of carbonyl (C=O) groups is 1. The van der Waals surface area contributed by atoms with Gasteiger partial charge >= 0.3 is 5.97 Å². The molecule has 10 heteroatoms. The Bertz CT molecular complexity index is 1800. The van der Waals surface area contributed by atoms with Crippen LogP contribution in [0.1, 0.15) is 36.6 Å². The number of aromatic nitrogens is 1. The molecule has 2 heterocycles. The van der Waals surface area contributed by atoms with Crippen LogP contribution in [0.25, 0.3) is 11.8 Å². The smallest absolute Gasteiger partial charge is 0.338 e. The maximum Gasteiger partial charge on any atom is 0.338 e. The summed E-state index contributed by atoms with van der Waals surface area (Å²) in [5.41, 5.74) is 2.22. The number of carbonyl (C=O) groups excluding carboxylic acids is 1. The molecule has 0 spiro atoms. The van der Waals surface area contributed by atoms with Crippen LogP contribution in [0.2, 0.25) is 0 Å². The van der Waals surface area contributed by atoms with Crippen molar-refractivity contribution in [3.63, 3.8) is 0 Å². The lowest BCUT2D eigenvalue weighted by Gasteiger charge is -2.25. The van der Waals surface area contributed by atoms with Crippen LogP contribution in [0.3, 0.4) is 0 Å². The first-order chi connectivity index (χ1) is 19.3. The molecular weight excluding hydrogens is 663 g/mol. The van der Waals surface area contributed by atoms with Gasteiger partial charge in [-0.3, -0.25) is 9.36 Å². The number of fused-ring (bicyclic) bond motifs is 1. The van der Waals surface area contributed by atoms with Gasteiger partial charge in [0.15, 0.2) is 4.80 Å². The van der Waals surface area contributed by atoms with Crippen molar-refractivity contribution in [3.05, 3.63) is 123 Å². The van der Waals surface area contributed by atoms with Crippen molar-refractivity contribution in [2.24, 2.45) is 4.99 Å². The molecular formula is C30H23Br2FN2O4S. The van der Waals surface area contributed by atoms with Gasteiger partial charge in [-0.05, 0) is 65.7 Å². The number of hydrogen-bond acceptors (Lipinski definition) is 6. The van der Waals surface area contributed by atoms with Crippen molar-refractivity contribution in [3.8, 4) is 5.75 Å². The zero-order chi connectivity index (χ0) is 28.4. The zero-order valence-corrected chi connectivity index (χ0v) is 25.5. The van der Waals surface area contributed by atoms with Gasteiger partial charge in [0.05, 0.1) is 39.5 Å². The van der Waals surface area contributed by atoms with Gasteiger partial charge in [-0.25, -0.2) is 14.2 Å². The number of rotatable bonds is 7. The van der Waals surface area contributed by atoms with E-state index in [4.69, 9.17) is 14.5 Å². The minimum atomic E-state index is -0.881. The molecule has 4 aromatic rings. The van der Waals surface area contributed by atoms with Crippen LogP contribution >= 0.6 is 43.2 Å². The second-order valence-corrected chi connectivity index (χ2v) is 11.5. The minimum absolute atomic E-state index is 0.142. The number of ether oxygens (including phenoxy) is 2. The van der Waals surface area contributed by atoms with E-state index in [9.17, 15) is 14.0 Å². The summed E-state index contributed by atoms with van der Waals surface area (Å²) in [6, 6.07) is 17.9. The largest absolute Gasteiger partial charge is 0.492 e. The molecule has 0 aliphatic carbocycles. The number of hydrogen-bond donors (Lipinski definition) is 0. The molecule has 0 bridgehead atoms. The molecule has 0 N–H and O–H groups in total. The highest BCUT2D eigenvalue weighted by molar-refractivity contribution is 9.11. The molecule has 5 rings (SSSR count). The summed E-state index contributed by atoms with van der Waals surface area (Å²) in [6.07, 6.45) is 1.75. The van der Waals surface area contributed by atoms with Crippen molar-refractivity contribution in [1.82, 2.24) is 4.57 Å². The fourth-order valence-electron chi connectivity index (χ4n) is 4.53. The Kier molecular flexibility index (Phi) is 8.48. The van der Waals surface area contributed by atoms with Crippen molar-refractivity contribution in [2.75, 3.05) is 13.2 Å². The molecule has 204 valence electrons. The molecule has 0 radical (unpaired) electrons. The predicted molar refractivity (Wildman–Crippen MR) is 160 cm³/mol. The number of benzene rings is 3. The summed E-state index contributed by atoms with van der Waals surface area (Å²) < 4.78 is 28.7. The lowest BCUT2D eigenvalue weighted by molar-refractivity contribution is -0.138. The van der Waals surface area contributed by atoms with E-state index in [1.54, 1.807) is 25.1 Å². The summed E-state index contributed by atoms with van der Waals surface area (Å²) in [7, 11) is 0. The van der Waals surface area contributed by atoms with Crippen molar-refractivity contribution in [2.45, 2.75) is 19.9 Å². The highest BCUT2D eigenvalue weighted by Gasteiger charge is 2.35. The molecule has 3 aromatic carbocycles. The molecule has 1 atom stereocenters. The Balaban J connectivity index is 1.83. The number of thiazole rings is 1. The van der Waals surface area contributed by atoms with Gasteiger partial charge in [0.1, 0.15) is 11.6 Å². The number of nitrogens with zero attached hydrogens (tertiary/aromatic N) is 2. The van der Waals surface area contributed by atoms with E-state index in [0.29, 0.717) is 44.1 Å². The average Bonchev–Trinajstić information content (AvgIpc) is 3.25. The Morgan fingerprint density at radius 3 is 2.48 bits per heavy atom. The summed E-state index contributed by atoms with van der Waals surface area (Å²) in [5, 5.41) is 0. The summed E-state index contributed by atoms with van der Waals surface area (Å²) in [6.45, 7) is 4.19. The van der Waals surface area contributed by atoms with Gasteiger partial charge in [-0.15, -0.1) is 0 Å². The van der Waals surface area contributed by atoms with E-state index in [1.807, 2.05) is 49.4 Å². The van der Waals surface area contributed by atoms with Crippen LogP contribution < -0.4 is 19.6 Å². The average molecular weight is 686 g/mol. The zero-order valence-electron chi connectivity index (χ0n) is 21.5. The maximum absolute atomic E-state index is 14.0. The molecule has 0 fully saturated rings. The number of halogens is 3. The van der Waals surface area contributed by atoms with Gasteiger partial charge in [0, 0.05) is 15.6 Å². The first kappa shape index (κ1) is 28.2. The van der Waals surface area contributed by atoms with Crippen LogP contribution in [-0.2, 0) is 9.53 Å². The van der Waals surface area contributed by atoms with E-state index < -0.39 is 17.8 Å². The normalized spacial score (nSPS) is 15.0. The standard InChI is InChI=1S/C30H23Br2FN2O4S/c1-3-38-27-19(14-20(31)16-22(27)32)15-23-28(36)35-26(18-10-12-21(33)13-11-18)24(29(37)39-4-2)25(34-30(35)40-23)17-8-6-5-7-9-17/h5-16,26H,3-4H2,1-2H3/b23-15-/t26-/m0/s1. The molecule has 0 unspecified atom stereocenters. The van der Waals surface area contributed by atoms with Crippen LogP contribution in [0.15, 0.2) is 91.0 Å². The Morgan fingerprint density at radius 2 is 1.80 bits per heavy atom. The third-order valence-corrected chi connectivity index (χ3v) is 8.20. The van der Waals surface area contributed by atoms with Crippen molar-refractivity contribution >= 4 is 60.9 Å². The summed E-state index contributed by atoms with van der Waals surface area (Å²) in [4.78, 5) is 32.8. The first-order valence-corrected chi connectivity index (χ1v) is 14.9. The van der Waals surface area contributed by atoms with E-state index in [1.165, 1.54) is 28.0 Å². The molecule has 0 saturated heterocycles. The Morgan fingerprint density at radius 1 is 1.07 bits per heavy atom. The first-order valence-electron chi connectivity index (χ1n) is 12.5. The third-order valence-electron chi connectivity index (χ3n) is 6.17. The second kappa shape index (κ2) is 12.0. The van der Waals surface area contributed by atoms with E-state index in [-0.39, 0.29) is 17.7 Å². The molecule has 1 aliphatic heterocycles. The lowest BCUT2D eigenvalue weighted by Crippen LogP contribution is -2.40. The highest BCUT2D eigenvalue weighted by Crippen LogP contribution is 2.36. The Labute approximate surface area is 250 Å². The molecule has 0 saturated carbocycles. The quantitative estimate of drug-likeness (QED) is 0.224.